The van der Waals surface area contributed by atoms with E-state index in [1.807, 2.05) is 20.8 Å². The molecule has 1 unspecified atom stereocenters. The number of piperazine rings is 1. The SMILES string of the molecule is CC(C)(C)OC(=O)N1CCN(C(c2ccc(F)cc2)c2ccc(F)cc2)C(CO)C1. The van der Waals surface area contributed by atoms with E-state index < -0.39 is 11.7 Å². The van der Waals surface area contributed by atoms with Crippen LogP contribution in [0.5, 0.6) is 0 Å². The van der Waals surface area contributed by atoms with Crippen molar-refractivity contribution in [2.45, 2.75) is 38.5 Å². The summed E-state index contributed by atoms with van der Waals surface area (Å²) >= 11 is 0. The number of hydrogen-bond acceptors (Lipinski definition) is 4. The van der Waals surface area contributed by atoms with E-state index in [1.165, 1.54) is 24.3 Å². The molecule has 162 valence electrons. The minimum atomic E-state index is -0.603. The fourth-order valence-electron chi connectivity index (χ4n) is 3.73. The first kappa shape index (κ1) is 22.2. The van der Waals surface area contributed by atoms with Gasteiger partial charge in [-0.25, -0.2) is 13.6 Å². The van der Waals surface area contributed by atoms with E-state index in [-0.39, 0.29) is 30.3 Å². The minimum absolute atomic E-state index is 0.168. The van der Waals surface area contributed by atoms with E-state index >= 15 is 0 Å². The van der Waals surface area contributed by atoms with Crippen molar-refractivity contribution in [1.82, 2.24) is 9.80 Å². The molecule has 1 amide bonds. The van der Waals surface area contributed by atoms with Gasteiger partial charge in [-0.05, 0) is 56.2 Å². The quantitative estimate of drug-likeness (QED) is 0.817. The van der Waals surface area contributed by atoms with Crippen LogP contribution in [0.4, 0.5) is 13.6 Å². The molecule has 1 saturated heterocycles. The highest BCUT2D eigenvalue weighted by Gasteiger charge is 2.36. The van der Waals surface area contributed by atoms with Crippen molar-refractivity contribution >= 4 is 6.09 Å². The number of halogens is 2. The van der Waals surface area contributed by atoms with E-state index in [4.69, 9.17) is 4.74 Å². The topological polar surface area (TPSA) is 53.0 Å². The van der Waals surface area contributed by atoms with Gasteiger partial charge in [0.1, 0.15) is 17.2 Å². The molecule has 2 aromatic carbocycles. The van der Waals surface area contributed by atoms with Crippen molar-refractivity contribution in [1.29, 1.82) is 0 Å². The molecule has 0 spiro atoms. The Morgan fingerprint density at radius 1 is 1.03 bits per heavy atom. The average molecular weight is 418 g/mol. The fraction of sp³-hybridized carbons (Fsp3) is 0.435. The number of hydrogen-bond donors (Lipinski definition) is 1. The van der Waals surface area contributed by atoms with E-state index in [0.29, 0.717) is 19.6 Å². The predicted molar refractivity (Wildman–Crippen MR) is 110 cm³/mol. The lowest BCUT2D eigenvalue weighted by atomic mass is 9.94. The monoisotopic (exact) mass is 418 g/mol. The second-order valence-electron chi connectivity index (χ2n) is 8.51. The van der Waals surface area contributed by atoms with Gasteiger partial charge >= 0.3 is 6.09 Å². The van der Waals surface area contributed by atoms with Gasteiger partial charge in [-0.15, -0.1) is 0 Å². The molecule has 2 aromatic rings. The third kappa shape index (κ3) is 5.34. The zero-order valence-electron chi connectivity index (χ0n) is 17.5. The molecule has 1 heterocycles. The molecule has 30 heavy (non-hydrogen) atoms. The highest BCUT2D eigenvalue weighted by Crippen LogP contribution is 2.32. The van der Waals surface area contributed by atoms with Gasteiger partial charge in [0.15, 0.2) is 0 Å². The molecule has 1 aliphatic rings. The Labute approximate surface area is 175 Å². The molecule has 1 aliphatic heterocycles. The lowest BCUT2D eigenvalue weighted by molar-refractivity contribution is -0.0115. The van der Waals surface area contributed by atoms with E-state index in [2.05, 4.69) is 4.90 Å². The smallest absolute Gasteiger partial charge is 0.410 e. The molecular weight excluding hydrogens is 390 g/mol. The van der Waals surface area contributed by atoms with Crippen molar-refractivity contribution in [3.63, 3.8) is 0 Å². The zero-order chi connectivity index (χ0) is 21.9. The van der Waals surface area contributed by atoms with Gasteiger partial charge < -0.3 is 14.7 Å². The maximum atomic E-state index is 13.5. The number of ether oxygens (including phenoxy) is 1. The normalized spacial score (nSPS) is 18.0. The summed E-state index contributed by atoms with van der Waals surface area (Å²) in [6.45, 7) is 6.45. The van der Waals surface area contributed by atoms with Crippen LogP contribution in [0, 0.1) is 11.6 Å². The number of carbonyl (C=O) groups is 1. The van der Waals surface area contributed by atoms with Gasteiger partial charge in [-0.1, -0.05) is 24.3 Å². The predicted octanol–water partition coefficient (Wildman–Crippen LogP) is 3.97. The van der Waals surface area contributed by atoms with Crippen LogP contribution < -0.4 is 0 Å². The third-order valence-corrected chi connectivity index (χ3v) is 5.09. The van der Waals surface area contributed by atoms with Crippen LogP contribution in [0.2, 0.25) is 0 Å². The number of benzene rings is 2. The van der Waals surface area contributed by atoms with Crippen LogP contribution in [-0.2, 0) is 4.74 Å². The highest BCUT2D eigenvalue weighted by molar-refractivity contribution is 5.68. The molecule has 7 heteroatoms. The Kier molecular flexibility index (Phi) is 6.73. The van der Waals surface area contributed by atoms with Gasteiger partial charge in [0, 0.05) is 19.6 Å². The standard InChI is InChI=1S/C23H28F2N2O3/c1-23(2,3)30-22(29)26-12-13-27(20(14-26)15-28)21(16-4-8-18(24)9-5-16)17-6-10-19(25)11-7-17/h4-11,20-21,28H,12-15H2,1-3H3. The maximum absolute atomic E-state index is 13.5. The van der Waals surface area contributed by atoms with Gasteiger partial charge in [0.2, 0.25) is 0 Å². The van der Waals surface area contributed by atoms with Crippen LogP contribution >= 0.6 is 0 Å². The minimum Gasteiger partial charge on any atom is -0.444 e. The number of nitrogens with zero attached hydrogens (tertiary/aromatic N) is 2. The van der Waals surface area contributed by atoms with E-state index in [9.17, 15) is 18.7 Å². The Morgan fingerprint density at radius 2 is 1.53 bits per heavy atom. The summed E-state index contributed by atoms with van der Waals surface area (Å²) in [4.78, 5) is 16.1. The van der Waals surface area contributed by atoms with E-state index in [0.717, 1.165) is 11.1 Å². The summed E-state index contributed by atoms with van der Waals surface area (Å²) < 4.78 is 32.5. The fourth-order valence-corrected chi connectivity index (χ4v) is 3.73. The third-order valence-electron chi connectivity index (χ3n) is 5.09. The summed E-state index contributed by atoms with van der Waals surface area (Å²) in [5.41, 5.74) is 1.05. The maximum Gasteiger partial charge on any atom is 0.410 e. The van der Waals surface area contributed by atoms with Gasteiger partial charge in [0.05, 0.1) is 18.7 Å². The molecule has 1 N–H and O–H groups in total. The summed E-state index contributed by atoms with van der Waals surface area (Å²) in [5.74, 6) is -0.685. The molecule has 0 saturated carbocycles. The Hall–Kier alpha value is -2.51. The first-order valence-corrected chi connectivity index (χ1v) is 10.0. The van der Waals surface area contributed by atoms with Crippen molar-refractivity contribution < 1.29 is 23.4 Å². The van der Waals surface area contributed by atoms with Gasteiger partial charge in [0.25, 0.3) is 0 Å². The molecule has 0 radical (unpaired) electrons. The molecule has 0 bridgehead atoms. The molecule has 1 fully saturated rings. The zero-order valence-corrected chi connectivity index (χ0v) is 17.5. The molecule has 1 atom stereocenters. The first-order valence-electron chi connectivity index (χ1n) is 10.0. The van der Waals surface area contributed by atoms with Gasteiger partial charge in [-0.2, -0.15) is 0 Å². The lowest BCUT2D eigenvalue weighted by Crippen LogP contribution is -2.57. The van der Waals surface area contributed by atoms with Crippen LogP contribution in [0.1, 0.15) is 37.9 Å². The molecule has 5 nitrogen and oxygen atoms in total. The van der Waals surface area contributed by atoms with Crippen LogP contribution in [0.25, 0.3) is 0 Å². The molecule has 0 aliphatic carbocycles. The summed E-state index contributed by atoms with van der Waals surface area (Å²) in [7, 11) is 0. The van der Waals surface area contributed by atoms with Crippen molar-refractivity contribution in [2.24, 2.45) is 0 Å². The Balaban J connectivity index is 1.88. The second kappa shape index (κ2) is 9.10. The summed E-state index contributed by atoms with van der Waals surface area (Å²) in [6.07, 6.45) is -0.416. The summed E-state index contributed by atoms with van der Waals surface area (Å²) in [6, 6.07) is 11.6. The van der Waals surface area contributed by atoms with Crippen molar-refractivity contribution in [3.05, 3.63) is 71.3 Å². The number of aliphatic hydroxyl groups excluding tert-OH is 1. The lowest BCUT2D eigenvalue weighted by Gasteiger charge is -2.45. The second-order valence-corrected chi connectivity index (χ2v) is 8.51. The van der Waals surface area contributed by atoms with Gasteiger partial charge in [-0.3, -0.25) is 4.90 Å². The Bertz CT molecular complexity index is 805. The average Bonchev–Trinajstić information content (AvgIpc) is 2.70. The molecular formula is C23H28F2N2O3. The number of carbonyl (C=O) groups excluding carboxylic acids is 1. The van der Waals surface area contributed by atoms with E-state index in [1.54, 1.807) is 29.2 Å². The first-order chi connectivity index (χ1) is 14.2. The largest absolute Gasteiger partial charge is 0.444 e. The number of amides is 1. The molecule has 0 aromatic heterocycles. The summed E-state index contributed by atoms with van der Waals surface area (Å²) in [5, 5.41) is 10.1. The van der Waals surface area contributed by atoms with Crippen molar-refractivity contribution in [3.8, 4) is 0 Å². The van der Waals surface area contributed by atoms with Crippen molar-refractivity contribution in [2.75, 3.05) is 26.2 Å². The van der Waals surface area contributed by atoms with Crippen LogP contribution in [0.3, 0.4) is 0 Å². The number of rotatable bonds is 4. The number of aliphatic hydroxyl groups is 1. The van der Waals surface area contributed by atoms with Crippen LogP contribution in [0.15, 0.2) is 48.5 Å². The Morgan fingerprint density at radius 3 is 1.97 bits per heavy atom. The van der Waals surface area contributed by atoms with Crippen LogP contribution in [-0.4, -0.2) is 58.9 Å². The highest BCUT2D eigenvalue weighted by atomic mass is 19.1. The molecule has 3 rings (SSSR count).